The van der Waals surface area contributed by atoms with Crippen molar-refractivity contribution < 1.29 is 18.8 Å². The van der Waals surface area contributed by atoms with Crippen LogP contribution in [0.4, 0.5) is 15.8 Å². The molecule has 3 aromatic rings. The predicted molar refractivity (Wildman–Crippen MR) is 117 cm³/mol. The van der Waals surface area contributed by atoms with Crippen molar-refractivity contribution in [2.75, 3.05) is 16.4 Å². The molecule has 154 valence electrons. The first-order chi connectivity index (χ1) is 14.4. The Kier molecular flexibility index (Phi) is 7.31. The summed E-state index contributed by atoms with van der Waals surface area (Å²) in [5, 5.41) is 7.21. The van der Waals surface area contributed by atoms with Crippen molar-refractivity contribution in [1.82, 2.24) is 4.98 Å². The average molecular weight is 444 g/mol. The SMILES string of the molecule is CC(=O)Nc1cccc(NC(=O)Cc2csc(SCC(=O)c3ccc(F)cc3)n2)c1. The third-order valence-corrected chi connectivity index (χ3v) is 5.90. The van der Waals surface area contributed by atoms with E-state index >= 15 is 0 Å². The molecule has 0 atom stereocenters. The number of amides is 2. The summed E-state index contributed by atoms with van der Waals surface area (Å²) in [5.41, 5.74) is 2.22. The van der Waals surface area contributed by atoms with Crippen LogP contribution in [-0.4, -0.2) is 28.3 Å². The number of rotatable bonds is 8. The lowest BCUT2D eigenvalue weighted by atomic mass is 10.1. The number of aromatic nitrogens is 1. The van der Waals surface area contributed by atoms with E-state index in [1.54, 1.807) is 29.6 Å². The number of anilines is 2. The number of benzene rings is 2. The fraction of sp³-hybridized carbons (Fsp3) is 0.143. The Morgan fingerprint density at radius 3 is 2.47 bits per heavy atom. The molecule has 0 fully saturated rings. The molecule has 9 heteroatoms. The lowest BCUT2D eigenvalue weighted by Crippen LogP contribution is -2.15. The molecular weight excluding hydrogens is 425 g/mol. The molecule has 0 radical (unpaired) electrons. The van der Waals surface area contributed by atoms with Crippen molar-refractivity contribution >= 4 is 52.1 Å². The fourth-order valence-corrected chi connectivity index (χ4v) is 4.27. The van der Waals surface area contributed by atoms with Crippen LogP contribution in [0.5, 0.6) is 0 Å². The number of carbonyl (C=O) groups is 3. The summed E-state index contributed by atoms with van der Waals surface area (Å²) in [5.74, 6) is -0.749. The third kappa shape index (κ3) is 6.50. The maximum atomic E-state index is 12.9. The molecule has 0 spiro atoms. The smallest absolute Gasteiger partial charge is 0.230 e. The van der Waals surface area contributed by atoms with Gasteiger partial charge in [-0.15, -0.1) is 11.3 Å². The van der Waals surface area contributed by atoms with Crippen LogP contribution in [0.3, 0.4) is 0 Å². The summed E-state index contributed by atoms with van der Waals surface area (Å²) < 4.78 is 13.6. The van der Waals surface area contributed by atoms with Crippen molar-refractivity contribution in [2.24, 2.45) is 0 Å². The maximum absolute atomic E-state index is 12.9. The second-order valence-corrected chi connectivity index (χ2v) is 8.39. The van der Waals surface area contributed by atoms with Gasteiger partial charge in [0.15, 0.2) is 10.1 Å². The Balaban J connectivity index is 1.51. The van der Waals surface area contributed by atoms with Gasteiger partial charge in [0.1, 0.15) is 5.82 Å². The van der Waals surface area contributed by atoms with E-state index in [2.05, 4.69) is 15.6 Å². The Hall–Kier alpha value is -3.04. The van der Waals surface area contributed by atoms with Crippen molar-refractivity contribution in [3.63, 3.8) is 0 Å². The molecule has 1 heterocycles. The van der Waals surface area contributed by atoms with E-state index in [0.717, 1.165) is 0 Å². The minimum Gasteiger partial charge on any atom is -0.326 e. The fourth-order valence-electron chi connectivity index (χ4n) is 2.53. The summed E-state index contributed by atoms with van der Waals surface area (Å²) >= 11 is 2.64. The summed E-state index contributed by atoms with van der Waals surface area (Å²) in [6.07, 6.45) is 0.0906. The number of hydrogen-bond acceptors (Lipinski definition) is 6. The zero-order valence-corrected chi connectivity index (χ0v) is 17.6. The number of nitrogens with zero attached hydrogens (tertiary/aromatic N) is 1. The Morgan fingerprint density at radius 1 is 1.07 bits per heavy atom. The monoisotopic (exact) mass is 443 g/mol. The van der Waals surface area contributed by atoms with Crippen LogP contribution in [-0.2, 0) is 16.0 Å². The van der Waals surface area contributed by atoms with Crippen LogP contribution in [0.25, 0.3) is 0 Å². The zero-order chi connectivity index (χ0) is 21.5. The highest BCUT2D eigenvalue weighted by Gasteiger charge is 2.12. The molecule has 3 rings (SSSR count). The van der Waals surface area contributed by atoms with E-state index in [-0.39, 0.29) is 35.6 Å². The molecule has 2 aromatic carbocycles. The molecular formula is C21H18FN3O3S2. The van der Waals surface area contributed by atoms with Crippen LogP contribution in [0.2, 0.25) is 0 Å². The predicted octanol–water partition coefficient (Wildman–Crippen LogP) is 4.40. The second kappa shape index (κ2) is 10.1. The average Bonchev–Trinajstić information content (AvgIpc) is 3.13. The topological polar surface area (TPSA) is 88.2 Å². The van der Waals surface area contributed by atoms with E-state index in [1.807, 2.05) is 0 Å². The summed E-state index contributed by atoms with van der Waals surface area (Å²) in [6, 6.07) is 12.3. The van der Waals surface area contributed by atoms with Crippen molar-refractivity contribution in [3.8, 4) is 0 Å². The number of halogens is 1. The van der Waals surface area contributed by atoms with Crippen LogP contribution in [0, 0.1) is 5.82 Å². The highest BCUT2D eigenvalue weighted by Crippen LogP contribution is 2.24. The van der Waals surface area contributed by atoms with E-state index in [9.17, 15) is 18.8 Å². The molecule has 0 saturated heterocycles. The molecule has 2 N–H and O–H groups in total. The van der Waals surface area contributed by atoms with Crippen molar-refractivity contribution in [3.05, 3.63) is 71.0 Å². The number of ketones is 1. The highest BCUT2D eigenvalue weighted by molar-refractivity contribution is 8.01. The molecule has 0 unspecified atom stereocenters. The van der Waals surface area contributed by atoms with Gasteiger partial charge in [-0.1, -0.05) is 17.8 Å². The molecule has 0 aliphatic rings. The van der Waals surface area contributed by atoms with E-state index < -0.39 is 0 Å². The quantitative estimate of drug-likeness (QED) is 0.398. The van der Waals surface area contributed by atoms with Crippen molar-refractivity contribution in [1.29, 1.82) is 0 Å². The number of Topliss-reactive ketones (excluding diaryl/α,β-unsaturated/α-hetero) is 1. The lowest BCUT2D eigenvalue weighted by Gasteiger charge is -2.07. The standard InChI is InChI=1S/C21H18FN3O3S2/c1-13(26)23-16-3-2-4-17(9-16)24-20(28)10-18-11-29-21(25-18)30-12-19(27)14-5-7-15(22)8-6-14/h2-9,11H,10,12H2,1H3,(H,23,26)(H,24,28). The van der Waals surface area contributed by atoms with Gasteiger partial charge in [0, 0.05) is 29.2 Å². The number of thiazole rings is 1. The molecule has 2 amide bonds. The Morgan fingerprint density at radius 2 is 1.77 bits per heavy atom. The number of thioether (sulfide) groups is 1. The molecule has 0 saturated carbocycles. The molecule has 0 aliphatic heterocycles. The second-order valence-electron chi connectivity index (χ2n) is 6.31. The molecule has 30 heavy (non-hydrogen) atoms. The van der Waals surface area contributed by atoms with E-state index in [0.29, 0.717) is 27.0 Å². The van der Waals surface area contributed by atoms with Crippen LogP contribution >= 0.6 is 23.1 Å². The molecule has 1 aromatic heterocycles. The van der Waals surface area contributed by atoms with Crippen LogP contribution < -0.4 is 10.6 Å². The molecule has 0 bridgehead atoms. The van der Waals surface area contributed by atoms with Gasteiger partial charge >= 0.3 is 0 Å². The van der Waals surface area contributed by atoms with Crippen LogP contribution in [0.15, 0.2) is 58.3 Å². The number of hydrogen-bond donors (Lipinski definition) is 2. The van der Waals surface area contributed by atoms with Gasteiger partial charge in [-0.3, -0.25) is 14.4 Å². The zero-order valence-electron chi connectivity index (χ0n) is 16.0. The van der Waals surface area contributed by atoms with Gasteiger partial charge < -0.3 is 10.6 Å². The summed E-state index contributed by atoms with van der Waals surface area (Å²) in [6.45, 7) is 1.41. The first-order valence-electron chi connectivity index (χ1n) is 8.92. The first-order valence-corrected chi connectivity index (χ1v) is 10.8. The largest absolute Gasteiger partial charge is 0.326 e. The molecule has 6 nitrogen and oxygen atoms in total. The van der Waals surface area contributed by atoms with Gasteiger partial charge in [-0.2, -0.15) is 0 Å². The number of nitrogens with one attached hydrogen (secondary N) is 2. The Bertz CT molecular complexity index is 1070. The van der Waals surface area contributed by atoms with Crippen LogP contribution in [0.1, 0.15) is 23.0 Å². The minimum absolute atomic E-state index is 0.0906. The van der Waals surface area contributed by atoms with Gasteiger partial charge in [0.25, 0.3) is 0 Å². The normalized spacial score (nSPS) is 10.5. The van der Waals surface area contributed by atoms with E-state index in [1.165, 1.54) is 54.3 Å². The Labute approximate surface area is 180 Å². The van der Waals surface area contributed by atoms with Gasteiger partial charge in [0.2, 0.25) is 11.8 Å². The van der Waals surface area contributed by atoms with Gasteiger partial charge in [-0.05, 0) is 42.5 Å². The molecule has 0 aliphatic carbocycles. The van der Waals surface area contributed by atoms with Gasteiger partial charge in [-0.25, -0.2) is 9.37 Å². The highest BCUT2D eigenvalue weighted by atomic mass is 32.2. The first kappa shape index (κ1) is 21.7. The summed E-state index contributed by atoms with van der Waals surface area (Å²) in [4.78, 5) is 39.9. The minimum atomic E-state index is -0.385. The number of carbonyl (C=O) groups excluding carboxylic acids is 3. The summed E-state index contributed by atoms with van der Waals surface area (Å²) in [7, 11) is 0. The third-order valence-electron chi connectivity index (χ3n) is 3.83. The van der Waals surface area contributed by atoms with E-state index in [4.69, 9.17) is 0 Å². The lowest BCUT2D eigenvalue weighted by molar-refractivity contribution is -0.116. The van der Waals surface area contributed by atoms with Crippen molar-refractivity contribution in [2.45, 2.75) is 17.7 Å². The van der Waals surface area contributed by atoms with Gasteiger partial charge in [0.05, 0.1) is 17.9 Å². The maximum Gasteiger partial charge on any atom is 0.230 e.